The standard InChI is InChI=1S/C16H28N2O2/c1-5-18(11-7-10-17(2)3)13-16(19)14-8-6-9-15(12-14)20-4/h6,8-9,12,16,19H,5,7,10-11,13H2,1-4H3. The number of rotatable bonds is 9. The number of aliphatic hydroxyl groups excluding tert-OH is 1. The fourth-order valence-electron chi connectivity index (χ4n) is 2.19. The lowest BCUT2D eigenvalue weighted by Gasteiger charge is -2.24. The molecule has 0 saturated heterocycles. The average Bonchev–Trinajstić information content (AvgIpc) is 2.45. The molecule has 0 radical (unpaired) electrons. The first-order valence-electron chi connectivity index (χ1n) is 7.26. The second-order valence-corrected chi connectivity index (χ2v) is 5.34. The molecular formula is C16H28N2O2. The number of methoxy groups -OCH3 is 1. The summed E-state index contributed by atoms with van der Waals surface area (Å²) in [7, 11) is 5.81. The van der Waals surface area contributed by atoms with E-state index in [9.17, 15) is 5.11 Å². The van der Waals surface area contributed by atoms with Gasteiger partial charge in [-0.25, -0.2) is 0 Å². The highest BCUT2D eigenvalue weighted by molar-refractivity contribution is 5.29. The number of hydrogen-bond donors (Lipinski definition) is 1. The number of aliphatic hydroxyl groups is 1. The Kier molecular flexibility index (Phi) is 7.59. The molecule has 1 atom stereocenters. The Morgan fingerprint density at radius 1 is 1.25 bits per heavy atom. The van der Waals surface area contributed by atoms with Gasteiger partial charge in [0, 0.05) is 6.54 Å². The van der Waals surface area contributed by atoms with E-state index < -0.39 is 6.10 Å². The minimum absolute atomic E-state index is 0.468. The van der Waals surface area contributed by atoms with Gasteiger partial charge in [0.15, 0.2) is 0 Å². The van der Waals surface area contributed by atoms with Crippen LogP contribution in [0, 0.1) is 0 Å². The Bertz CT molecular complexity index is 382. The maximum absolute atomic E-state index is 10.3. The number of benzene rings is 1. The molecule has 114 valence electrons. The lowest BCUT2D eigenvalue weighted by Crippen LogP contribution is -2.31. The summed E-state index contributed by atoms with van der Waals surface area (Å²) in [6, 6.07) is 7.66. The van der Waals surface area contributed by atoms with Crippen LogP contribution in [0.1, 0.15) is 25.0 Å². The van der Waals surface area contributed by atoms with Crippen LogP contribution in [0.2, 0.25) is 0 Å². The van der Waals surface area contributed by atoms with Crippen LogP contribution in [-0.4, -0.2) is 62.3 Å². The monoisotopic (exact) mass is 280 g/mol. The maximum Gasteiger partial charge on any atom is 0.119 e. The molecule has 1 aromatic rings. The molecule has 0 aliphatic heterocycles. The molecule has 0 aromatic heterocycles. The molecule has 0 saturated carbocycles. The zero-order valence-corrected chi connectivity index (χ0v) is 13.2. The fraction of sp³-hybridized carbons (Fsp3) is 0.625. The van der Waals surface area contributed by atoms with Crippen molar-refractivity contribution >= 4 is 0 Å². The van der Waals surface area contributed by atoms with Gasteiger partial charge >= 0.3 is 0 Å². The molecule has 0 fully saturated rings. The van der Waals surface area contributed by atoms with Crippen molar-refractivity contribution in [3.05, 3.63) is 29.8 Å². The number of ether oxygens (including phenoxy) is 1. The first-order chi connectivity index (χ1) is 9.56. The van der Waals surface area contributed by atoms with Crippen LogP contribution >= 0.6 is 0 Å². The van der Waals surface area contributed by atoms with Gasteiger partial charge in [-0.2, -0.15) is 0 Å². The van der Waals surface area contributed by atoms with Crippen molar-refractivity contribution in [3.8, 4) is 5.75 Å². The number of likely N-dealkylation sites (N-methyl/N-ethyl adjacent to an activating group) is 1. The van der Waals surface area contributed by atoms with Gasteiger partial charge in [-0.1, -0.05) is 19.1 Å². The van der Waals surface area contributed by atoms with Gasteiger partial charge in [0.1, 0.15) is 5.75 Å². The largest absolute Gasteiger partial charge is 0.497 e. The summed E-state index contributed by atoms with van der Waals surface area (Å²) < 4.78 is 5.20. The Labute approximate surface area is 123 Å². The molecule has 0 aliphatic rings. The van der Waals surface area contributed by atoms with E-state index >= 15 is 0 Å². The van der Waals surface area contributed by atoms with Crippen LogP contribution in [0.15, 0.2) is 24.3 Å². The Morgan fingerprint density at radius 3 is 2.60 bits per heavy atom. The minimum atomic E-state index is -0.468. The van der Waals surface area contributed by atoms with Crippen LogP contribution in [0.3, 0.4) is 0 Å². The summed E-state index contributed by atoms with van der Waals surface area (Å²) in [6.45, 7) is 5.83. The molecule has 0 aliphatic carbocycles. The van der Waals surface area contributed by atoms with Crippen LogP contribution < -0.4 is 4.74 Å². The second-order valence-electron chi connectivity index (χ2n) is 5.34. The molecule has 1 aromatic carbocycles. The molecule has 0 spiro atoms. The van der Waals surface area contributed by atoms with E-state index in [0.29, 0.717) is 6.54 Å². The molecule has 4 nitrogen and oxygen atoms in total. The summed E-state index contributed by atoms with van der Waals surface area (Å²) >= 11 is 0. The third-order valence-corrected chi connectivity index (χ3v) is 3.44. The van der Waals surface area contributed by atoms with Crippen molar-refractivity contribution in [3.63, 3.8) is 0 Å². The van der Waals surface area contributed by atoms with E-state index in [4.69, 9.17) is 4.74 Å². The molecule has 0 heterocycles. The van der Waals surface area contributed by atoms with Gasteiger partial charge in [-0.3, -0.25) is 0 Å². The minimum Gasteiger partial charge on any atom is -0.497 e. The van der Waals surface area contributed by atoms with Crippen molar-refractivity contribution in [1.82, 2.24) is 9.80 Å². The van der Waals surface area contributed by atoms with Crippen LogP contribution in [0.4, 0.5) is 0 Å². The smallest absolute Gasteiger partial charge is 0.119 e. The Hall–Kier alpha value is -1.10. The molecule has 1 rings (SSSR count). The van der Waals surface area contributed by atoms with Crippen molar-refractivity contribution in [2.45, 2.75) is 19.4 Å². The number of nitrogens with zero attached hydrogens (tertiary/aromatic N) is 2. The summed E-state index contributed by atoms with van der Waals surface area (Å²) in [6.07, 6.45) is 0.649. The third kappa shape index (κ3) is 5.90. The highest BCUT2D eigenvalue weighted by atomic mass is 16.5. The lowest BCUT2D eigenvalue weighted by atomic mass is 10.1. The maximum atomic E-state index is 10.3. The fourth-order valence-corrected chi connectivity index (χ4v) is 2.19. The van der Waals surface area contributed by atoms with E-state index in [-0.39, 0.29) is 0 Å². The molecule has 0 bridgehead atoms. The Balaban J connectivity index is 2.50. The van der Waals surface area contributed by atoms with Gasteiger partial charge in [-0.15, -0.1) is 0 Å². The van der Waals surface area contributed by atoms with Crippen molar-refractivity contribution in [1.29, 1.82) is 0 Å². The first kappa shape index (κ1) is 17.0. The lowest BCUT2D eigenvalue weighted by molar-refractivity contribution is 0.113. The summed E-state index contributed by atoms with van der Waals surface area (Å²) in [5, 5.41) is 10.3. The van der Waals surface area contributed by atoms with Crippen molar-refractivity contribution < 1.29 is 9.84 Å². The van der Waals surface area contributed by atoms with E-state index in [2.05, 4.69) is 30.8 Å². The summed E-state index contributed by atoms with van der Waals surface area (Å²) in [5.41, 5.74) is 0.912. The van der Waals surface area contributed by atoms with E-state index in [1.807, 2.05) is 24.3 Å². The zero-order chi connectivity index (χ0) is 15.0. The van der Waals surface area contributed by atoms with Crippen LogP contribution in [0.5, 0.6) is 5.75 Å². The number of hydrogen-bond acceptors (Lipinski definition) is 4. The first-order valence-corrected chi connectivity index (χ1v) is 7.26. The van der Waals surface area contributed by atoms with Crippen molar-refractivity contribution in [2.75, 3.05) is 47.4 Å². The van der Waals surface area contributed by atoms with Gasteiger partial charge in [0.05, 0.1) is 13.2 Å². The normalized spacial score (nSPS) is 12.9. The van der Waals surface area contributed by atoms with E-state index in [1.165, 1.54) is 0 Å². The van der Waals surface area contributed by atoms with Gasteiger partial charge < -0.3 is 19.6 Å². The SMILES string of the molecule is CCN(CCCN(C)C)CC(O)c1cccc(OC)c1. The molecule has 20 heavy (non-hydrogen) atoms. The van der Waals surface area contributed by atoms with Crippen LogP contribution in [-0.2, 0) is 0 Å². The molecule has 0 amide bonds. The van der Waals surface area contributed by atoms with Gasteiger partial charge in [0.25, 0.3) is 0 Å². The van der Waals surface area contributed by atoms with Crippen LogP contribution in [0.25, 0.3) is 0 Å². The zero-order valence-electron chi connectivity index (χ0n) is 13.2. The van der Waals surface area contributed by atoms with E-state index in [1.54, 1.807) is 7.11 Å². The molecule has 1 unspecified atom stereocenters. The van der Waals surface area contributed by atoms with Gasteiger partial charge in [-0.05, 0) is 57.8 Å². The predicted molar refractivity (Wildman–Crippen MR) is 83.2 cm³/mol. The predicted octanol–water partition coefficient (Wildman–Crippen LogP) is 2.00. The highest BCUT2D eigenvalue weighted by Gasteiger charge is 2.13. The third-order valence-electron chi connectivity index (χ3n) is 3.44. The highest BCUT2D eigenvalue weighted by Crippen LogP contribution is 2.19. The second kappa shape index (κ2) is 8.95. The van der Waals surface area contributed by atoms with Crippen molar-refractivity contribution in [2.24, 2.45) is 0 Å². The van der Waals surface area contributed by atoms with Gasteiger partial charge in [0.2, 0.25) is 0 Å². The quantitative estimate of drug-likeness (QED) is 0.750. The van der Waals surface area contributed by atoms with E-state index in [0.717, 1.165) is 37.4 Å². The Morgan fingerprint density at radius 2 is 2.00 bits per heavy atom. The summed E-state index contributed by atoms with van der Waals surface area (Å²) in [5.74, 6) is 0.789. The topological polar surface area (TPSA) is 35.9 Å². The average molecular weight is 280 g/mol. The molecule has 1 N–H and O–H groups in total. The molecular weight excluding hydrogens is 252 g/mol. The molecule has 4 heteroatoms. The summed E-state index contributed by atoms with van der Waals surface area (Å²) in [4.78, 5) is 4.47.